The van der Waals surface area contributed by atoms with E-state index in [4.69, 9.17) is 13.9 Å². The number of amides is 2. The molecule has 1 N–H and O–H groups in total. The first-order chi connectivity index (χ1) is 13.4. The third-order valence-electron chi connectivity index (χ3n) is 3.77. The van der Waals surface area contributed by atoms with Crippen LogP contribution >= 0.6 is 0 Å². The van der Waals surface area contributed by atoms with Crippen LogP contribution < -0.4 is 10.1 Å². The number of esters is 1. The highest BCUT2D eigenvalue weighted by Crippen LogP contribution is 2.18. The maximum atomic E-state index is 13.6. The predicted molar refractivity (Wildman–Crippen MR) is 95.8 cm³/mol. The largest absolute Gasteiger partial charge is 0.494 e. The Balaban J connectivity index is 1.71. The Morgan fingerprint density at radius 3 is 2.68 bits per heavy atom. The molecule has 0 radical (unpaired) electrons. The maximum Gasteiger partial charge on any atom is 0.310 e. The molecule has 0 unspecified atom stereocenters. The van der Waals surface area contributed by atoms with Crippen LogP contribution in [0.15, 0.2) is 41.0 Å². The van der Waals surface area contributed by atoms with E-state index >= 15 is 0 Å². The van der Waals surface area contributed by atoms with Gasteiger partial charge >= 0.3 is 5.97 Å². The average Bonchev–Trinajstić information content (AvgIpc) is 3.18. The number of likely N-dealkylation sites (N-methyl/N-ethyl adjacent to an activating group) is 1. The molecule has 2 aromatic rings. The number of benzene rings is 1. The molecule has 0 bridgehead atoms. The van der Waals surface area contributed by atoms with Crippen LogP contribution in [0.5, 0.6) is 5.75 Å². The van der Waals surface area contributed by atoms with Gasteiger partial charge in [-0.15, -0.1) is 0 Å². The summed E-state index contributed by atoms with van der Waals surface area (Å²) in [6, 6.07) is 7.51. The molecule has 0 aliphatic carbocycles. The molecule has 0 saturated carbocycles. The Morgan fingerprint density at radius 2 is 2.04 bits per heavy atom. The number of methoxy groups -OCH3 is 1. The van der Waals surface area contributed by atoms with Gasteiger partial charge in [-0.3, -0.25) is 14.4 Å². The normalized spacial score (nSPS) is 10.2. The Labute approximate surface area is 161 Å². The molecule has 1 aromatic heterocycles. The summed E-state index contributed by atoms with van der Waals surface area (Å²) >= 11 is 0. The van der Waals surface area contributed by atoms with Crippen molar-refractivity contribution in [2.24, 2.45) is 0 Å². The Morgan fingerprint density at radius 1 is 1.25 bits per heavy atom. The van der Waals surface area contributed by atoms with E-state index in [1.165, 1.54) is 32.6 Å². The van der Waals surface area contributed by atoms with Gasteiger partial charge in [-0.1, -0.05) is 6.07 Å². The van der Waals surface area contributed by atoms with Crippen LogP contribution in [0.1, 0.15) is 11.3 Å². The highest BCUT2D eigenvalue weighted by atomic mass is 19.1. The molecule has 0 spiro atoms. The minimum Gasteiger partial charge on any atom is -0.494 e. The lowest BCUT2D eigenvalue weighted by atomic mass is 10.1. The molecule has 8 nitrogen and oxygen atoms in total. The highest BCUT2D eigenvalue weighted by Gasteiger charge is 2.16. The van der Waals surface area contributed by atoms with Crippen molar-refractivity contribution in [1.82, 2.24) is 10.2 Å². The lowest BCUT2D eigenvalue weighted by Crippen LogP contribution is -2.40. The van der Waals surface area contributed by atoms with Gasteiger partial charge in [-0.2, -0.15) is 0 Å². The summed E-state index contributed by atoms with van der Waals surface area (Å²) in [5.41, 5.74) is 0.390. The fourth-order valence-electron chi connectivity index (χ4n) is 2.25. The van der Waals surface area contributed by atoms with Crippen molar-refractivity contribution < 1.29 is 32.7 Å². The third-order valence-corrected chi connectivity index (χ3v) is 3.77. The van der Waals surface area contributed by atoms with Crippen molar-refractivity contribution in [3.8, 4) is 5.75 Å². The van der Waals surface area contributed by atoms with Crippen LogP contribution in [0.25, 0.3) is 0 Å². The quantitative estimate of drug-likeness (QED) is 0.646. The summed E-state index contributed by atoms with van der Waals surface area (Å²) in [4.78, 5) is 36.8. The van der Waals surface area contributed by atoms with Gasteiger partial charge in [-0.05, 0) is 29.8 Å². The minimum absolute atomic E-state index is 0.0687. The molecule has 0 aliphatic heterocycles. The lowest BCUT2D eigenvalue weighted by Gasteiger charge is -2.16. The molecule has 1 heterocycles. The van der Waals surface area contributed by atoms with E-state index in [9.17, 15) is 18.8 Å². The molecule has 0 saturated heterocycles. The van der Waals surface area contributed by atoms with E-state index in [1.54, 1.807) is 12.1 Å². The van der Waals surface area contributed by atoms with E-state index in [-0.39, 0.29) is 31.2 Å². The van der Waals surface area contributed by atoms with Gasteiger partial charge in [-0.25, -0.2) is 4.39 Å². The second kappa shape index (κ2) is 10.1. The molecular weight excluding hydrogens is 371 g/mol. The highest BCUT2D eigenvalue weighted by molar-refractivity contribution is 5.86. The van der Waals surface area contributed by atoms with Crippen LogP contribution in [-0.4, -0.2) is 50.0 Å². The van der Waals surface area contributed by atoms with E-state index in [1.807, 2.05) is 0 Å². The summed E-state index contributed by atoms with van der Waals surface area (Å²) < 4.78 is 28.4. The number of nitrogens with zero attached hydrogens (tertiary/aromatic N) is 1. The molecular formula is C19H21FN2O6. The molecule has 0 aliphatic rings. The van der Waals surface area contributed by atoms with Crippen LogP contribution in [0.3, 0.4) is 0 Å². The second-order valence-electron chi connectivity index (χ2n) is 5.91. The van der Waals surface area contributed by atoms with Crippen LogP contribution in [-0.2, 0) is 32.1 Å². The fraction of sp³-hybridized carbons (Fsp3) is 0.316. The van der Waals surface area contributed by atoms with Crippen molar-refractivity contribution in [2.75, 3.05) is 27.3 Å². The van der Waals surface area contributed by atoms with Gasteiger partial charge in [0, 0.05) is 7.05 Å². The zero-order valence-corrected chi connectivity index (χ0v) is 15.6. The number of nitrogens with one attached hydrogen (secondary N) is 1. The molecule has 1 aromatic carbocycles. The predicted octanol–water partition coefficient (Wildman–Crippen LogP) is 1.29. The number of ether oxygens (including phenoxy) is 2. The summed E-state index contributed by atoms with van der Waals surface area (Å²) in [5, 5.41) is 2.60. The molecule has 0 fully saturated rings. The van der Waals surface area contributed by atoms with Crippen molar-refractivity contribution in [1.29, 1.82) is 0 Å². The number of furan rings is 1. The first-order valence-corrected chi connectivity index (χ1v) is 8.40. The zero-order valence-electron chi connectivity index (χ0n) is 15.6. The SMILES string of the molecule is COc1ccc(CC(=O)OCC(=O)N(C)CC(=O)NCc2ccco2)cc1F. The summed E-state index contributed by atoms with van der Waals surface area (Å²) in [7, 11) is 2.76. The van der Waals surface area contributed by atoms with E-state index in [2.05, 4.69) is 5.32 Å². The summed E-state index contributed by atoms with van der Waals surface area (Å²) in [6.07, 6.45) is 1.30. The van der Waals surface area contributed by atoms with E-state index < -0.39 is 24.3 Å². The minimum atomic E-state index is -0.686. The Bertz CT molecular complexity index is 822. The second-order valence-corrected chi connectivity index (χ2v) is 5.91. The number of carbonyl (C=O) groups is 3. The van der Waals surface area contributed by atoms with Gasteiger partial charge < -0.3 is 24.1 Å². The zero-order chi connectivity index (χ0) is 20.5. The average molecular weight is 392 g/mol. The summed E-state index contributed by atoms with van der Waals surface area (Å²) in [6.45, 7) is -0.499. The lowest BCUT2D eigenvalue weighted by molar-refractivity contribution is -0.151. The van der Waals surface area contributed by atoms with E-state index in [0.29, 0.717) is 11.3 Å². The number of hydrogen-bond acceptors (Lipinski definition) is 6. The third kappa shape index (κ3) is 6.42. The van der Waals surface area contributed by atoms with Crippen LogP contribution in [0, 0.1) is 5.82 Å². The molecule has 9 heteroatoms. The number of halogens is 1. The monoisotopic (exact) mass is 392 g/mol. The molecule has 28 heavy (non-hydrogen) atoms. The van der Waals surface area contributed by atoms with Crippen molar-refractivity contribution in [2.45, 2.75) is 13.0 Å². The smallest absolute Gasteiger partial charge is 0.310 e. The fourth-order valence-corrected chi connectivity index (χ4v) is 2.25. The first kappa shape index (κ1) is 20.9. The Kier molecular flexibility index (Phi) is 7.55. The topological polar surface area (TPSA) is 98.1 Å². The maximum absolute atomic E-state index is 13.6. The summed E-state index contributed by atoms with van der Waals surface area (Å²) in [5.74, 6) is -1.54. The van der Waals surface area contributed by atoms with E-state index in [0.717, 1.165) is 11.0 Å². The Hall–Kier alpha value is -3.36. The van der Waals surface area contributed by atoms with Crippen LogP contribution in [0.2, 0.25) is 0 Å². The molecule has 0 atom stereocenters. The molecule has 2 amide bonds. The number of rotatable bonds is 9. The van der Waals surface area contributed by atoms with Gasteiger partial charge in [0.25, 0.3) is 5.91 Å². The molecule has 2 rings (SSSR count). The van der Waals surface area contributed by atoms with Crippen molar-refractivity contribution in [3.05, 3.63) is 53.7 Å². The van der Waals surface area contributed by atoms with Gasteiger partial charge in [0.15, 0.2) is 18.2 Å². The molecule has 150 valence electrons. The van der Waals surface area contributed by atoms with Gasteiger partial charge in [0.1, 0.15) is 5.76 Å². The van der Waals surface area contributed by atoms with Gasteiger partial charge in [0.05, 0.1) is 32.9 Å². The van der Waals surface area contributed by atoms with Crippen molar-refractivity contribution >= 4 is 17.8 Å². The van der Waals surface area contributed by atoms with Gasteiger partial charge in [0.2, 0.25) is 5.91 Å². The number of carbonyl (C=O) groups excluding carboxylic acids is 3. The van der Waals surface area contributed by atoms with Crippen LogP contribution in [0.4, 0.5) is 4.39 Å². The first-order valence-electron chi connectivity index (χ1n) is 8.40. The number of hydrogen-bond donors (Lipinski definition) is 1. The van der Waals surface area contributed by atoms with Crippen molar-refractivity contribution in [3.63, 3.8) is 0 Å². The standard InChI is InChI=1S/C19H21FN2O6/c1-22(11-17(23)21-10-14-4-3-7-27-14)18(24)12-28-19(25)9-13-5-6-16(26-2)15(20)8-13/h3-8H,9-12H2,1-2H3,(H,21,23).